The summed E-state index contributed by atoms with van der Waals surface area (Å²) in [5.74, 6) is -0.861. The molecule has 39 heavy (non-hydrogen) atoms. The number of carbonyl (C=O) groups excluding carboxylic acids is 3. The molecular formula is C30H35N3O6. The smallest absolute Gasteiger partial charge is 0.264 e. The van der Waals surface area contributed by atoms with Crippen LogP contribution in [-0.2, 0) is 31.3 Å². The van der Waals surface area contributed by atoms with E-state index in [9.17, 15) is 24.6 Å². The number of β-lactam (4-membered cyclic amide) rings is 2. The molecule has 4 atom stereocenters. The molecule has 3 saturated heterocycles. The van der Waals surface area contributed by atoms with Crippen molar-refractivity contribution in [2.45, 2.75) is 63.9 Å². The number of benzene rings is 2. The van der Waals surface area contributed by atoms with E-state index in [2.05, 4.69) is 0 Å². The van der Waals surface area contributed by atoms with E-state index in [4.69, 9.17) is 4.74 Å². The molecule has 2 N–H and O–H groups in total. The first-order chi connectivity index (χ1) is 18.6. The van der Waals surface area contributed by atoms with Gasteiger partial charge in [-0.3, -0.25) is 14.4 Å². The van der Waals surface area contributed by atoms with Crippen LogP contribution in [0.25, 0.3) is 0 Å². The van der Waals surface area contributed by atoms with Crippen molar-refractivity contribution in [3.05, 3.63) is 53.6 Å². The van der Waals surface area contributed by atoms with E-state index >= 15 is 0 Å². The average molecular weight is 534 g/mol. The minimum Gasteiger partial charge on any atom is -0.396 e. The maximum atomic E-state index is 14.4. The van der Waals surface area contributed by atoms with E-state index in [1.54, 1.807) is 28.5 Å². The summed E-state index contributed by atoms with van der Waals surface area (Å²) in [4.78, 5) is 43.7. The topological polar surface area (TPSA) is 111 Å². The van der Waals surface area contributed by atoms with Crippen molar-refractivity contribution in [2.75, 3.05) is 34.4 Å². The molecular weight excluding hydrogens is 498 g/mol. The van der Waals surface area contributed by atoms with Crippen LogP contribution in [0.15, 0.2) is 42.5 Å². The second-order valence-corrected chi connectivity index (χ2v) is 11.7. The maximum absolute atomic E-state index is 14.4. The lowest BCUT2D eigenvalue weighted by Crippen LogP contribution is -2.46. The molecule has 9 nitrogen and oxygen atoms in total. The lowest BCUT2D eigenvalue weighted by molar-refractivity contribution is -0.146. The highest BCUT2D eigenvalue weighted by Crippen LogP contribution is 2.58. The summed E-state index contributed by atoms with van der Waals surface area (Å²) in [6.07, 6.45) is 0.835. The lowest BCUT2D eigenvalue weighted by Gasteiger charge is -2.34. The van der Waals surface area contributed by atoms with Crippen LogP contribution in [0.5, 0.6) is 0 Å². The summed E-state index contributed by atoms with van der Waals surface area (Å²) in [6, 6.07) is 13.3. The third kappa shape index (κ3) is 3.90. The Labute approximate surface area is 228 Å². The van der Waals surface area contributed by atoms with Gasteiger partial charge < -0.3 is 29.6 Å². The Balaban J connectivity index is 1.40. The number of fused-ring (bicyclic) bond motifs is 2. The van der Waals surface area contributed by atoms with Gasteiger partial charge in [0.05, 0.1) is 23.9 Å². The molecule has 3 fully saturated rings. The van der Waals surface area contributed by atoms with Gasteiger partial charge >= 0.3 is 0 Å². The second-order valence-electron chi connectivity index (χ2n) is 11.7. The van der Waals surface area contributed by atoms with Crippen molar-refractivity contribution < 1.29 is 29.3 Å². The molecule has 0 bridgehead atoms. The van der Waals surface area contributed by atoms with Gasteiger partial charge in [0.25, 0.3) is 5.91 Å². The minimum absolute atomic E-state index is 0.0406. The normalized spacial score (nSPS) is 28.3. The molecule has 0 radical (unpaired) electrons. The average Bonchev–Trinajstić information content (AvgIpc) is 3.30. The second kappa shape index (κ2) is 9.15. The largest absolute Gasteiger partial charge is 0.396 e. The first kappa shape index (κ1) is 26.0. The molecule has 4 aliphatic heterocycles. The Morgan fingerprint density at radius 3 is 2.13 bits per heavy atom. The van der Waals surface area contributed by atoms with Crippen LogP contribution < -0.4 is 14.7 Å². The van der Waals surface area contributed by atoms with Crippen molar-refractivity contribution in [2.24, 2.45) is 11.8 Å². The predicted octanol–water partition coefficient (Wildman–Crippen LogP) is 2.71. The molecule has 3 amide bonds. The molecule has 206 valence electrons. The van der Waals surface area contributed by atoms with Gasteiger partial charge in [0.2, 0.25) is 11.8 Å². The molecule has 4 aliphatic rings. The molecule has 2 aromatic rings. The number of nitrogens with zero attached hydrogens (tertiary/aromatic N) is 3. The van der Waals surface area contributed by atoms with Crippen LogP contribution in [0.4, 0.5) is 17.1 Å². The standard InChI is InChI=1S/C30H35N3O6/c1-18-27(29(2,3)38)24(12-15-34)39-30(18)22-16-21(32-14-11-26(32)36)8-9-23(22)33(28(30)37)17-19-4-6-20(7-5-19)31-13-10-25(31)35/h4-9,16,18,24,27,34,38H,10-15,17H2,1-3H3/t18-,24+,27-,30+/m1/s1. The summed E-state index contributed by atoms with van der Waals surface area (Å²) in [7, 11) is 0. The van der Waals surface area contributed by atoms with E-state index in [1.807, 2.05) is 49.4 Å². The van der Waals surface area contributed by atoms with Crippen molar-refractivity contribution in [1.29, 1.82) is 0 Å². The van der Waals surface area contributed by atoms with Gasteiger partial charge in [-0.1, -0.05) is 19.1 Å². The summed E-state index contributed by atoms with van der Waals surface area (Å²) < 4.78 is 6.65. The van der Waals surface area contributed by atoms with Gasteiger partial charge in [-0.2, -0.15) is 0 Å². The maximum Gasteiger partial charge on any atom is 0.264 e. The Morgan fingerprint density at radius 2 is 1.59 bits per heavy atom. The summed E-state index contributed by atoms with van der Waals surface area (Å²) in [6.45, 7) is 6.90. The number of ether oxygens (including phenoxy) is 1. The van der Waals surface area contributed by atoms with Gasteiger partial charge in [-0.05, 0) is 56.2 Å². The lowest BCUT2D eigenvalue weighted by atomic mass is 9.71. The molecule has 4 heterocycles. The molecule has 0 saturated carbocycles. The Bertz CT molecular complexity index is 1340. The van der Waals surface area contributed by atoms with E-state index in [1.165, 1.54) is 0 Å². The van der Waals surface area contributed by atoms with E-state index in [-0.39, 0.29) is 24.3 Å². The fourth-order valence-corrected chi connectivity index (χ4v) is 6.93. The van der Waals surface area contributed by atoms with Crippen LogP contribution in [0.3, 0.4) is 0 Å². The fourth-order valence-electron chi connectivity index (χ4n) is 6.93. The highest BCUT2D eigenvalue weighted by atomic mass is 16.5. The molecule has 9 heteroatoms. The van der Waals surface area contributed by atoms with E-state index < -0.39 is 29.1 Å². The number of aliphatic hydroxyl groups is 2. The molecule has 0 aliphatic carbocycles. The Kier molecular flexibility index (Phi) is 6.09. The monoisotopic (exact) mass is 533 g/mol. The van der Waals surface area contributed by atoms with Gasteiger partial charge in [-0.25, -0.2) is 0 Å². The number of carbonyl (C=O) groups is 3. The van der Waals surface area contributed by atoms with Crippen molar-refractivity contribution >= 4 is 34.8 Å². The molecule has 0 unspecified atom stereocenters. The SMILES string of the molecule is C[C@@H]1[C@@H](C(C)(C)O)[C@H](CCO)O[C@@]12C(=O)N(Cc1ccc(N3CCC3=O)cc1)c1ccc(N3CCC3=O)cc12. The van der Waals surface area contributed by atoms with Gasteiger partial charge in [-0.15, -0.1) is 0 Å². The van der Waals surface area contributed by atoms with Gasteiger partial charge in [0.15, 0.2) is 5.60 Å². The first-order valence-corrected chi connectivity index (χ1v) is 13.7. The minimum atomic E-state index is -1.35. The van der Waals surface area contributed by atoms with Crippen molar-refractivity contribution in [3.8, 4) is 0 Å². The first-order valence-electron chi connectivity index (χ1n) is 13.7. The number of aliphatic hydroxyl groups excluding tert-OH is 1. The predicted molar refractivity (Wildman–Crippen MR) is 145 cm³/mol. The van der Waals surface area contributed by atoms with Crippen LogP contribution in [0, 0.1) is 11.8 Å². The quantitative estimate of drug-likeness (QED) is 0.530. The summed E-state index contributed by atoms with van der Waals surface area (Å²) in [5.41, 5.74) is 1.38. The number of hydrogen-bond donors (Lipinski definition) is 2. The molecule has 0 aromatic heterocycles. The van der Waals surface area contributed by atoms with Gasteiger partial charge in [0.1, 0.15) is 0 Å². The van der Waals surface area contributed by atoms with Crippen molar-refractivity contribution in [3.63, 3.8) is 0 Å². The molecule has 1 spiro atoms. The third-order valence-corrected chi connectivity index (χ3v) is 8.98. The number of rotatable bonds is 7. The summed E-state index contributed by atoms with van der Waals surface area (Å²) >= 11 is 0. The van der Waals surface area contributed by atoms with Crippen LogP contribution >= 0.6 is 0 Å². The van der Waals surface area contributed by atoms with E-state index in [0.717, 1.165) is 16.9 Å². The number of anilines is 3. The number of hydrogen-bond acceptors (Lipinski definition) is 6. The highest BCUT2D eigenvalue weighted by Gasteiger charge is 2.65. The highest BCUT2D eigenvalue weighted by molar-refractivity contribution is 6.09. The number of amides is 3. The van der Waals surface area contributed by atoms with Crippen LogP contribution in [0.1, 0.15) is 51.2 Å². The summed E-state index contributed by atoms with van der Waals surface area (Å²) in [5, 5.41) is 20.9. The zero-order valence-corrected chi connectivity index (χ0v) is 22.6. The van der Waals surface area contributed by atoms with Gasteiger partial charge in [0, 0.05) is 61.3 Å². The Morgan fingerprint density at radius 1 is 0.974 bits per heavy atom. The molecule has 2 aromatic carbocycles. The molecule has 6 rings (SSSR count). The fraction of sp³-hybridized carbons (Fsp3) is 0.500. The van der Waals surface area contributed by atoms with Crippen LogP contribution in [0.2, 0.25) is 0 Å². The van der Waals surface area contributed by atoms with Crippen molar-refractivity contribution in [1.82, 2.24) is 0 Å². The zero-order valence-electron chi connectivity index (χ0n) is 22.6. The van der Waals surface area contributed by atoms with E-state index in [0.29, 0.717) is 50.1 Å². The third-order valence-electron chi connectivity index (χ3n) is 8.98. The Hall–Kier alpha value is -3.27. The van der Waals surface area contributed by atoms with Crippen LogP contribution in [-0.4, -0.2) is 59.3 Å². The zero-order chi connectivity index (χ0) is 27.7.